The van der Waals surface area contributed by atoms with E-state index in [0.29, 0.717) is 6.04 Å². The second kappa shape index (κ2) is 7.27. The fourth-order valence-electron chi connectivity index (χ4n) is 2.73. The summed E-state index contributed by atoms with van der Waals surface area (Å²) in [4.78, 5) is 2.54. The van der Waals surface area contributed by atoms with Crippen LogP contribution in [0, 0.1) is 0 Å². The quantitative estimate of drug-likeness (QED) is 0.900. The monoisotopic (exact) mass is 326 g/mol. The van der Waals surface area contributed by atoms with Crippen molar-refractivity contribution >= 4 is 15.9 Å². The third kappa shape index (κ3) is 3.94. The summed E-state index contributed by atoms with van der Waals surface area (Å²) in [5.41, 5.74) is 1.25. The Labute approximate surface area is 124 Å². The van der Waals surface area contributed by atoms with Crippen molar-refractivity contribution in [3.8, 4) is 5.75 Å². The van der Waals surface area contributed by atoms with Gasteiger partial charge in [0.25, 0.3) is 0 Å². The van der Waals surface area contributed by atoms with Gasteiger partial charge in [-0.1, -0.05) is 22.9 Å². The average Bonchev–Trinajstić information content (AvgIpc) is 2.46. The zero-order valence-electron chi connectivity index (χ0n) is 11.8. The molecule has 0 aliphatic carbocycles. The number of piperidine rings is 1. The van der Waals surface area contributed by atoms with Crippen LogP contribution in [0.5, 0.6) is 5.75 Å². The van der Waals surface area contributed by atoms with Gasteiger partial charge in [0.2, 0.25) is 0 Å². The summed E-state index contributed by atoms with van der Waals surface area (Å²) in [7, 11) is 1.74. The first kappa shape index (κ1) is 14.8. The van der Waals surface area contributed by atoms with Gasteiger partial charge < -0.3 is 10.1 Å². The molecule has 0 amide bonds. The lowest BCUT2D eigenvalue weighted by Crippen LogP contribution is -2.45. The zero-order valence-corrected chi connectivity index (χ0v) is 13.4. The van der Waals surface area contributed by atoms with E-state index in [0.717, 1.165) is 36.4 Å². The molecule has 0 bridgehead atoms. The van der Waals surface area contributed by atoms with E-state index in [1.165, 1.54) is 18.4 Å². The van der Waals surface area contributed by atoms with Gasteiger partial charge in [-0.05, 0) is 44.1 Å². The maximum atomic E-state index is 5.47. The third-order valence-corrected chi connectivity index (χ3v) is 4.30. The van der Waals surface area contributed by atoms with Gasteiger partial charge in [0.15, 0.2) is 0 Å². The predicted molar refractivity (Wildman–Crippen MR) is 82.7 cm³/mol. The molecular formula is C15H23BrN2O. The van der Waals surface area contributed by atoms with Gasteiger partial charge in [-0.25, -0.2) is 0 Å². The normalized spacial score (nSPS) is 19.7. The van der Waals surface area contributed by atoms with Crippen LogP contribution in [-0.4, -0.2) is 37.7 Å². The Kier molecular flexibility index (Phi) is 5.67. The molecule has 1 heterocycles. The smallest absolute Gasteiger partial charge is 0.123 e. The fourth-order valence-corrected chi connectivity index (χ4v) is 3.14. The van der Waals surface area contributed by atoms with Gasteiger partial charge in [-0.15, -0.1) is 0 Å². The number of likely N-dealkylation sites (N-methyl/N-ethyl adjacent to an activating group) is 1. The van der Waals surface area contributed by atoms with Gasteiger partial charge in [-0.3, -0.25) is 4.90 Å². The molecule has 1 fully saturated rings. The molecule has 0 spiro atoms. The van der Waals surface area contributed by atoms with Gasteiger partial charge in [0.1, 0.15) is 5.75 Å². The lowest BCUT2D eigenvalue weighted by atomic mass is 10.0. The number of benzene rings is 1. The maximum Gasteiger partial charge on any atom is 0.123 e. The van der Waals surface area contributed by atoms with Crippen LogP contribution >= 0.6 is 15.9 Å². The van der Waals surface area contributed by atoms with Gasteiger partial charge in [0, 0.05) is 29.2 Å². The van der Waals surface area contributed by atoms with E-state index in [2.05, 4.69) is 39.1 Å². The van der Waals surface area contributed by atoms with E-state index in [9.17, 15) is 0 Å². The van der Waals surface area contributed by atoms with Crippen molar-refractivity contribution in [2.75, 3.05) is 26.7 Å². The highest BCUT2D eigenvalue weighted by molar-refractivity contribution is 9.10. The Hall–Kier alpha value is -0.580. The Morgan fingerprint density at radius 1 is 1.47 bits per heavy atom. The highest BCUT2D eigenvalue weighted by Crippen LogP contribution is 2.25. The van der Waals surface area contributed by atoms with Crippen LogP contribution < -0.4 is 10.1 Å². The number of nitrogens with one attached hydrogen (secondary N) is 1. The van der Waals surface area contributed by atoms with E-state index in [1.807, 2.05) is 12.1 Å². The molecule has 1 aliphatic heterocycles. The van der Waals surface area contributed by atoms with Gasteiger partial charge >= 0.3 is 0 Å². The standard InChI is InChI=1S/C15H23BrN2O/c1-3-18(14-5-4-8-17-10-14)11-12-9-13(16)6-7-15(12)19-2/h6-7,9,14,17H,3-5,8,10-11H2,1-2H3. The second-order valence-electron chi connectivity index (χ2n) is 5.02. The molecule has 2 rings (SSSR count). The van der Waals surface area contributed by atoms with Crippen molar-refractivity contribution in [3.63, 3.8) is 0 Å². The summed E-state index contributed by atoms with van der Waals surface area (Å²) in [5, 5.41) is 3.49. The van der Waals surface area contributed by atoms with Crippen molar-refractivity contribution in [1.29, 1.82) is 0 Å². The zero-order chi connectivity index (χ0) is 13.7. The fraction of sp³-hybridized carbons (Fsp3) is 0.600. The van der Waals surface area contributed by atoms with Crippen LogP contribution in [0.1, 0.15) is 25.3 Å². The maximum absolute atomic E-state index is 5.47. The van der Waals surface area contributed by atoms with Crippen molar-refractivity contribution in [2.24, 2.45) is 0 Å². The highest BCUT2D eigenvalue weighted by atomic mass is 79.9. The molecule has 4 heteroatoms. The van der Waals surface area contributed by atoms with Crippen molar-refractivity contribution in [1.82, 2.24) is 10.2 Å². The largest absolute Gasteiger partial charge is 0.496 e. The summed E-state index contributed by atoms with van der Waals surface area (Å²) in [5.74, 6) is 0.977. The molecule has 3 nitrogen and oxygen atoms in total. The highest BCUT2D eigenvalue weighted by Gasteiger charge is 2.20. The van der Waals surface area contributed by atoms with Crippen LogP contribution in [0.4, 0.5) is 0 Å². The van der Waals surface area contributed by atoms with Gasteiger partial charge in [-0.2, -0.15) is 0 Å². The second-order valence-corrected chi connectivity index (χ2v) is 5.94. The molecule has 19 heavy (non-hydrogen) atoms. The first-order valence-electron chi connectivity index (χ1n) is 7.01. The van der Waals surface area contributed by atoms with E-state index in [1.54, 1.807) is 7.11 Å². The predicted octanol–water partition coefficient (Wildman–Crippen LogP) is 3.03. The third-order valence-electron chi connectivity index (χ3n) is 3.81. The van der Waals surface area contributed by atoms with Crippen molar-refractivity contribution in [2.45, 2.75) is 32.4 Å². The minimum absolute atomic E-state index is 0.641. The van der Waals surface area contributed by atoms with Crippen molar-refractivity contribution in [3.05, 3.63) is 28.2 Å². The molecule has 106 valence electrons. The van der Waals surface area contributed by atoms with Gasteiger partial charge in [0.05, 0.1) is 7.11 Å². The lowest BCUT2D eigenvalue weighted by Gasteiger charge is -2.34. The minimum Gasteiger partial charge on any atom is -0.496 e. The molecule has 1 aromatic rings. The number of hydrogen-bond donors (Lipinski definition) is 1. The number of hydrogen-bond acceptors (Lipinski definition) is 3. The molecule has 1 aliphatic rings. The van der Waals surface area contributed by atoms with E-state index in [4.69, 9.17) is 4.74 Å². The van der Waals surface area contributed by atoms with Crippen molar-refractivity contribution < 1.29 is 4.74 Å². The Balaban J connectivity index is 2.10. The summed E-state index contributed by atoms with van der Waals surface area (Å²) in [6, 6.07) is 6.87. The van der Waals surface area contributed by atoms with Crippen LogP contribution in [0.25, 0.3) is 0 Å². The summed E-state index contributed by atoms with van der Waals surface area (Å²) >= 11 is 3.55. The molecule has 0 radical (unpaired) electrons. The Morgan fingerprint density at radius 2 is 2.32 bits per heavy atom. The van der Waals surface area contributed by atoms with Crippen LogP contribution in [0.3, 0.4) is 0 Å². The summed E-state index contributed by atoms with van der Waals surface area (Å²) in [6.45, 7) is 6.52. The topological polar surface area (TPSA) is 24.5 Å². The van der Waals surface area contributed by atoms with E-state index >= 15 is 0 Å². The molecule has 1 N–H and O–H groups in total. The summed E-state index contributed by atoms with van der Waals surface area (Å²) < 4.78 is 6.58. The average molecular weight is 327 g/mol. The number of ether oxygens (including phenoxy) is 1. The first-order chi connectivity index (χ1) is 9.24. The number of methoxy groups -OCH3 is 1. The van der Waals surface area contributed by atoms with Crippen LogP contribution in [0.2, 0.25) is 0 Å². The molecule has 1 atom stereocenters. The molecule has 1 saturated heterocycles. The van der Waals surface area contributed by atoms with E-state index < -0.39 is 0 Å². The molecule has 1 unspecified atom stereocenters. The van der Waals surface area contributed by atoms with Crippen LogP contribution in [0.15, 0.2) is 22.7 Å². The number of halogens is 1. The molecule has 0 aromatic heterocycles. The summed E-state index contributed by atoms with van der Waals surface area (Å²) in [6.07, 6.45) is 2.56. The Morgan fingerprint density at radius 3 is 2.95 bits per heavy atom. The minimum atomic E-state index is 0.641. The Bertz CT molecular complexity index is 405. The first-order valence-corrected chi connectivity index (χ1v) is 7.81. The van der Waals surface area contributed by atoms with Crippen LogP contribution in [-0.2, 0) is 6.54 Å². The molecular weight excluding hydrogens is 304 g/mol. The lowest BCUT2D eigenvalue weighted by molar-refractivity contribution is 0.164. The SMILES string of the molecule is CCN(Cc1cc(Br)ccc1OC)C1CCCNC1. The van der Waals surface area contributed by atoms with E-state index in [-0.39, 0.29) is 0 Å². The number of nitrogens with zero attached hydrogens (tertiary/aromatic N) is 1. The molecule has 0 saturated carbocycles. The molecule has 1 aromatic carbocycles. The number of rotatable bonds is 5.